The van der Waals surface area contributed by atoms with Crippen LogP contribution in [0.4, 0.5) is 4.79 Å². The Hall–Kier alpha value is -4.43. The number of amides is 4. The van der Waals surface area contributed by atoms with Crippen LogP contribution in [0.5, 0.6) is 17.2 Å². The van der Waals surface area contributed by atoms with Crippen molar-refractivity contribution in [1.29, 1.82) is 0 Å². The van der Waals surface area contributed by atoms with Crippen LogP contribution in [0.2, 0.25) is 10.8 Å². The van der Waals surface area contributed by atoms with E-state index >= 15 is 0 Å². The molecule has 0 spiro atoms. The number of nitrogens with two attached hydrogens (primary N) is 1. The van der Waals surface area contributed by atoms with Gasteiger partial charge in [0.25, 0.3) is 10.2 Å². The van der Waals surface area contributed by atoms with Gasteiger partial charge in [0.15, 0.2) is 17.3 Å². The van der Waals surface area contributed by atoms with Gasteiger partial charge in [-0.3, -0.25) is 19.3 Å². The molecule has 2 atom stereocenters. The summed E-state index contributed by atoms with van der Waals surface area (Å²) in [5, 5.41) is 47.1. The Morgan fingerprint density at radius 3 is 2.50 bits per heavy atom. The van der Waals surface area contributed by atoms with Crippen LogP contribution in [0.1, 0.15) is 39.5 Å². The van der Waals surface area contributed by atoms with Crippen molar-refractivity contribution in [3.63, 3.8) is 0 Å². The standard InChI is InChI=1S/C26H29BClN5O12S/c1-12-2-3-13-10-14(27(42)45-22(13)18(12)25(39)40)11-17(35)20(15-4-5-16(34)21(36)19(15)28)31-26(41)33-9-8-32(23(37)24(33)38)7-6-30-46(29,43)44/h2-5,14,20,30,34,36,42H,6-11H2,1H3,(H,31,41)(H,39,40)(H2,29,43,44)/t14-,20?/m1/s1. The second-order valence-electron chi connectivity index (χ2n) is 10.6. The Morgan fingerprint density at radius 1 is 1.15 bits per heavy atom. The largest absolute Gasteiger partial charge is 0.535 e. The van der Waals surface area contributed by atoms with E-state index < -0.39 is 81.7 Å². The number of halogens is 1. The number of rotatable bonds is 10. The fourth-order valence-corrected chi connectivity index (χ4v) is 5.81. The molecule has 2 aliphatic heterocycles. The maximum Gasteiger partial charge on any atom is 0.526 e. The van der Waals surface area contributed by atoms with Gasteiger partial charge in [-0.2, -0.15) is 8.42 Å². The van der Waals surface area contributed by atoms with Gasteiger partial charge in [0, 0.05) is 44.0 Å². The summed E-state index contributed by atoms with van der Waals surface area (Å²) in [5.41, 5.74) is 0.481. The van der Waals surface area contributed by atoms with Crippen molar-refractivity contribution >= 4 is 58.5 Å². The fraction of sp³-hybridized carbons (Fsp3) is 0.346. The van der Waals surface area contributed by atoms with Gasteiger partial charge < -0.3 is 35.2 Å². The van der Waals surface area contributed by atoms with Gasteiger partial charge in [-0.1, -0.05) is 29.8 Å². The van der Waals surface area contributed by atoms with Crippen LogP contribution in [0, 0.1) is 6.92 Å². The number of phenolic OH excluding ortho intramolecular Hbond substituents is 2. The van der Waals surface area contributed by atoms with E-state index in [0.29, 0.717) is 16.0 Å². The van der Waals surface area contributed by atoms with Crippen molar-refractivity contribution < 1.29 is 57.4 Å². The van der Waals surface area contributed by atoms with Gasteiger partial charge in [-0.25, -0.2) is 19.5 Å². The highest BCUT2D eigenvalue weighted by Crippen LogP contribution is 2.41. The Kier molecular flexibility index (Phi) is 10.1. The normalized spacial score (nSPS) is 17.3. The van der Waals surface area contributed by atoms with E-state index in [1.807, 2.05) is 4.72 Å². The Labute approximate surface area is 267 Å². The summed E-state index contributed by atoms with van der Waals surface area (Å²) in [6.45, 7) is 0.540. The summed E-state index contributed by atoms with van der Waals surface area (Å²) < 4.78 is 29.6. The summed E-state index contributed by atoms with van der Waals surface area (Å²) in [7, 11) is -5.68. The van der Waals surface area contributed by atoms with Crippen LogP contribution in [0.3, 0.4) is 0 Å². The van der Waals surface area contributed by atoms with Crippen LogP contribution in [-0.4, -0.2) is 101 Å². The smallest absolute Gasteiger partial charge is 0.526 e. The molecule has 46 heavy (non-hydrogen) atoms. The summed E-state index contributed by atoms with van der Waals surface area (Å²) >= 11 is 6.22. The second-order valence-corrected chi connectivity index (χ2v) is 12.4. The number of phenols is 2. The van der Waals surface area contributed by atoms with E-state index in [2.05, 4.69) is 5.32 Å². The highest BCUT2D eigenvalue weighted by Gasteiger charge is 2.42. The van der Waals surface area contributed by atoms with E-state index in [9.17, 15) is 52.7 Å². The van der Waals surface area contributed by atoms with Crippen molar-refractivity contribution in [1.82, 2.24) is 19.8 Å². The first kappa shape index (κ1) is 34.4. The lowest BCUT2D eigenvalue weighted by atomic mass is 9.64. The van der Waals surface area contributed by atoms with Gasteiger partial charge in [0.05, 0.1) is 5.02 Å². The number of urea groups is 1. The van der Waals surface area contributed by atoms with Crippen molar-refractivity contribution in [2.75, 3.05) is 26.2 Å². The van der Waals surface area contributed by atoms with Crippen LogP contribution in [0.15, 0.2) is 24.3 Å². The summed E-state index contributed by atoms with van der Waals surface area (Å²) in [5.74, 6) is -6.86. The second kappa shape index (κ2) is 13.5. The van der Waals surface area contributed by atoms with E-state index in [-0.39, 0.29) is 49.5 Å². The number of benzene rings is 2. The molecule has 2 aliphatic rings. The van der Waals surface area contributed by atoms with Gasteiger partial charge in [0.1, 0.15) is 17.4 Å². The predicted molar refractivity (Wildman–Crippen MR) is 159 cm³/mol. The topological polar surface area (TPSA) is 266 Å². The number of aryl methyl sites for hydroxylation is 1. The Morgan fingerprint density at radius 2 is 1.85 bits per heavy atom. The average Bonchev–Trinajstić information content (AvgIpc) is 2.97. The monoisotopic (exact) mass is 681 g/mol. The third-order valence-electron chi connectivity index (χ3n) is 7.51. The summed E-state index contributed by atoms with van der Waals surface area (Å²) in [4.78, 5) is 65.8. The number of imide groups is 1. The SMILES string of the molecule is Cc1ccc2c(c1C(=O)O)OB(O)[C@@H](CC(=O)C(NC(=O)N1CCN(CCNS(N)(=O)=O)C(=O)C1=O)c1ccc(O)c(O)c1Cl)C2. The molecule has 17 nitrogen and oxygen atoms in total. The van der Waals surface area contributed by atoms with Crippen molar-refractivity contribution in [3.8, 4) is 17.2 Å². The zero-order valence-electron chi connectivity index (χ0n) is 24.1. The lowest BCUT2D eigenvalue weighted by molar-refractivity contribution is -0.153. The van der Waals surface area contributed by atoms with Crippen molar-refractivity contribution in [2.24, 2.45) is 5.14 Å². The lowest BCUT2D eigenvalue weighted by Crippen LogP contribution is -2.59. The first-order valence-corrected chi connectivity index (χ1v) is 15.5. The maximum absolute atomic E-state index is 13.7. The third-order valence-corrected chi connectivity index (χ3v) is 8.52. The Bertz CT molecular complexity index is 1730. The molecule has 1 unspecified atom stereocenters. The number of carboxylic acid groups (broad SMARTS) is 1. The molecule has 0 radical (unpaired) electrons. The number of aromatic carboxylic acids is 1. The molecule has 4 rings (SSSR count). The molecule has 0 aromatic heterocycles. The molecule has 246 valence electrons. The maximum atomic E-state index is 13.7. The fourth-order valence-electron chi connectivity index (χ4n) is 5.17. The predicted octanol–water partition coefficient (Wildman–Crippen LogP) is -0.583. The van der Waals surface area contributed by atoms with Crippen molar-refractivity contribution in [2.45, 2.75) is 31.6 Å². The van der Waals surface area contributed by atoms with Gasteiger partial charge in [0.2, 0.25) is 0 Å². The van der Waals surface area contributed by atoms with Crippen LogP contribution >= 0.6 is 11.6 Å². The first-order valence-electron chi connectivity index (χ1n) is 13.6. The molecule has 2 aromatic rings. The number of Topliss-reactive ketones (excluding diaryl/α,β-unsaturated/α-hetero) is 1. The minimum absolute atomic E-state index is 0.00723. The molecule has 20 heteroatoms. The number of ketones is 1. The first-order chi connectivity index (χ1) is 21.5. The molecule has 8 N–H and O–H groups in total. The molecular weight excluding hydrogens is 653 g/mol. The van der Waals surface area contributed by atoms with E-state index in [1.165, 1.54) is 0 Å². The third kappa shape index (κ3) is 7.34. The van der Waals surface area contributed by atoms with Crippen molar-refractivity contribution in [3.05, 3.63) is 51.5 Å². The molecule has 1 fully saturated rings. The number of carbonyl (C=O) groups excluding carboxylic acids is 4. The quantitative estimate of drug-likeness (QED) is 0.0943. The van der Waals surface area contributed by atoms with Crippen LogP contribution in [-0.2, 0) is 31.0 Å². The van der Waals surface area contributed by atoms with Gasteiger partial charge >= 0.3 is 30.9 Å². The minimum Gasteiger partial charge on any atom is -0.535 e. The summed E-state index contributed by atoms with van der Waals surface area (Å²) in [6, 6.07) is 2.45. The van der Waals surface area contributed by atoms with E-state index in [1.54, 1.807) is 19.1 Å². The minimum atomic E-state index is -4.04. The van der Waals surface area contributed by atoms with Gasteiger partial charge in [-0.05, 0) is 30.5 Å². The molecule has 4 amide bonds. The molecule has 2 heterocycles. The van der Waals surface area contributed by atoms with Crippen LogP contribution < -0.4 is 19.8 Å². The number of aromatic hydroxyl groups is 2. The molecule has 0 saturated carbocycles. The molecule has 0 bridgehead atoms. The number of nitrogens with zero attached hydrogens (tertiary/aromatic N) is 2. The summed E-state index contributed by atoms with van der Waals surface area (Å²) in [6.07, 6.45) is -0.467. The number of carbonyl (C=O) groups is 5. The number of piperazine rings is 1. The number of nitrogens with one attached hydrogen (secondary N) is 2. The van der Waals surface area contributed by atoms with Gasteiger partial charge in [-0.15, -0.1) is 0 Å². The van der Waals surface area contributed by atoms with E-state index in [0.717, 1.165) is 17.0 Å². The number of hydrogen-bond donors (Lipinski definition) is 7. The molecule has 1 saturated heterocycles. The Balaban J connectivity index is 1.55. The zero-order valence-corrected chi connectivity index (χ0v) is 25.7. The van der Waals surface area contributed by atoms with E-state index in [4.69, 9.17) is 21.4 Å². The molecule has 2 aromatic carbocycles. The number of carboxylic acids is 1. The average molecular weight is 682 g/mol. The highest BCUT2D eigenvalue weighted by atomic mass is 35.5. The van der Waals surface area contributed by atoms with Crippen LogP contribution in [0.25, 0.3) is 0 Å². The number of fused-ring (bicyclic) bond motifs is 1. The molecular formula is C26H29BClN5O12S. The highest BCUT2D eigenvalue weighted by molar-refractivity contribution is 7.87. The zero-order chi connectivity index (χ0) is 34.1. The lowest BCUT2D eigenvalue weighted by Gasteiger charge is -2.33. The molecule has 0 aliphatic carbocycles. The number of hydrogen-bond acceptors (Lipinski definition) is 11.